The highest BCUT2D eigenvalue weighted by atomic mass is 19.4. The molecule has 3 rings (SSSR count). The molecule has 1 unspecified atom stereocenters. The Hall–Kier alpha value is -2.30. The normalized spacial score (nSPS) is 13.5. The number of para-hydroxylation sites is 2. The summed E-state index contributed by atoms with van der Waals surface area (Å²) in [5.41, 5.74) is 1.65. The minimum atomic E-state index is -4.48. The molecule has 0 amide bonds. The Kier molecular flexibility index (Phi) is 3.20. The fourth-order valence-electron chi connectivity index (χ4n) is 2.52. The topological polar surface area (TPSA) is 17.8 Å². The van der Waals surface area contributed by atoms with Crippen LogP contribution in [0.1, 0.15) is 24.4 Å². The van der Waals surface area contributed by atoms with Gasteiger partial charge in [0.1, 0.15) is 0 Å². The van der Waals surface area contributed by atoms with Crippen LogP contribution in [0.5, 0.6) is 0 Å². The maximum Gasteiger partial charge on any atom is 0.449 e. The van der Waals surface area contributed by atoms with Gasteiger partial charge in [-0.05, 0) is 24.6 Å². The van der Waals surface area contributed by atoms with Crippen LogP contribution in [0.25, 0.3) is 11.0 Å². The van der Waals surface area contributed by atoms with Crippen LogP contribution in [-0.4, -0.2) is 9.55 Å². The number of aromatic nitrogens is 2. The van der Waals surface area contributed by atoms with Crippen molar-refractivity contribution in [3.05, 3.63) is 66.0 Å². The molecule has 3 aromatic rings. The summed E-state index contributed by atoms with van der Waals surface area (Å²) in [7, 11) is 0. The summed E-state index contributed by atoms with van der Waals surface area (Å²) in [6, 6.07) is 15.3. The van der Waals surface area contributed by atoms with E-state index in [0.717, 1.165) is 5.56 Å². The maximum absolute atomic E-state index is 13.3. The lowest BCUT2D eigenvalue weighted by molar-refractivity contribution is -0.147. The van der Waals surface area contributed by atoms with E-state index in [2.05, 4.69) is 4.98 Å². The average Bonchev–Trinajstić information content (AvgIpc) is 2.87. The van der Waals surface area contributed by atoms with Crippen LogP contribution < -0.4 is 0 Å². The Morgan fingerprint density at radius 3 is 2.24 bits per heavy atom. The molecule has 2 nitrogen and oxygen atoms in total. The number of halogens is 3. The van der Waals surface area contributed by atoms with Crippen LogP contribution in [0.15, 0.2) is 54.6 Å². The Balaban J connectivity index is 2.25. The van der Waals surface area contributed by atoms with Crippen LogP contribution in [-0.2, 0) is 6.18 Å². The van der Waals surface area contributed by atoms with Gasteiger partial charge in [-0.2, -0.15) is 13.2 Å². The number of benzene rings is 2. The minimum absolute atomic E-state index is 0.354. The minimum Gasteiger partial charge on any atom is -0.313 e. The van der Waals surface area contributed by atoms with Crippen molar-refractivity contribution >= 4 is 11.0 Å². The first-order chi connectivity index (χ1) is 9.98. The van der Waals surface area contributed by atoms with Crippen molar-refractivity contribution in [3.63, 3.8) is 0 Å². The van der Waals surface area contributed by atoms with Gasteiger partial charge in [0.25, 0.3) is 0 Å². The molecule has 1 atom stereocenters. The SMILES string of the molecule is CC(c1ccccc1)n1c(C(F)(F)F)nc2ccccc21. The number of alkyl halides is 3. The first-order valence-corrected chi connectivity index (χ1v) is 6.57. The van der Waals surface area contributed by atoms with Crippen molar-refractivity contribution in [2.75, 3.05) is 0 Å². The molecule has 1 heterocycles. The summed E-state index contributed by atoms with van der Waals surface area (Å²) in [4.78, 5) is 3.77. The smallest absolute Gasteiger partial charge is 0.313 e. The molecule has 0 fully saturated rings. The average molecular weight is 290 g/mol. The van der Waals surface area contributed by atoms with E-state index in [4.69, 9.17) is 0 Å². The molecule has 21 heavy (non-hydrogen) atoms. The lowest BCUT2D eigenvalue weighted by Crippen LogP contribution is -2.18. The number of nitrogens with zero attached hydrogens (tertiary/aromatic N) is 2. The lowest BCUT2D eigenvalue weighted by Gasteiger charge is -2.19. The van der Waals surface area contributed by atoms with Gasteiger partial charge < -0.3 is 4.57 Å². The first kappa shape index (κ1) is 13.7. The molecule has 0 bridgehead atoms. The molecule has 108 valence electrons. The predicted molar refractivity (Wildman–Crippen MR) is 75.0 cm³/mol. The largest absolute Gasteiger partial charge is 0.449 e. The van der Waals surface area contributed by atoms with Crippen LogP contribution >= 0.6 is 0 Å². The van der Waals surface area contributed by atoms with Gasteiger partial charge >= 0.3 is 6.18 Å². The zero-order valence-corrected chi connectivity index (χ0v) is 11.3. The second-order valence-corrected chi connectivity index (χ2v) is 4.88. The Bertz CT molecular complexity index is 760. The highest BCUT2D eigenvalue weighted by molar-refractivity contribution is 5.76. The van der Waals surface area contributed by atoms with Gasteiger partial charge in [-0.1, -0.05) is 42.5 Å². The third-order valence-corrected chi connectivity index (χ3v) is 3.52. The van der Waals surface area contributed by atoms with Gasteiger partial charge in [-0.25, -0.2) is 4.98 Å². The van der Waals surface area contributed by atoms with Gasteiger partial charge in [0.15, 0.2) is 0 Å². The third kappa shape index (κ3) is 2.39. The molecule has 0 N–H and O–H groups in total. The Labute approximate surface area is 119 Å². The van der Waals surface area contributed by atoms with Crippen molar-refractivity contribution in [2.45, 2.75) is 19.1 Å². The van der Waals surface area contributed by atoms with Crippen LogP contribution in [0.3, 0.4) is 0 Å². The van der Waals surface area contributed by atoms with Gasteiger partial charge in [0.2, 0.25) is 5.82 Å². The molecule has 0 aliphatic heterocycles. The van der Waals surface area contributed by atoms with E-state index in [0.29, 0.717) is 11.0 Å². The van der Waals surface area contributed by atoms with Crippen molar-refractivity contribution in [2.24, 2.45) is 0 Å². The zero-order valence-electron chi connectivity index (χ0n) is 11.3. The molecule has 0 radical (unpaired) electrons. The zero-order chi connectivity index (χ0) is 15.0. The summed E-state index contributed by atoms with van der Waals surface area (Å²) in [6.45, 7) is 1.75. The molecule has 0 spiro atoms. The first-order valence-electron chi connectivity index (χ1n) is 6.57. The summed E-state index contributed by atoms with van der Waals surface area (Å²) in [6.07, 6.45) is -4.48. The number of rotatable bonds is 2. The van der Waals surface area contributed by atoms with Crippen molar-refractivity contribution < 1.29 is 13.2 Å². The Morgan fingerprint density at radius 2 is 1.57 bits per heavy atom. The molecule has 0 aliphatic rings. The molecular formula is C16H13F3N2. The van der Waals surface area contributed by atoms with E-state index in [1.807, 2.05) is 30.3 Å². The van der Waals surface area contributed by atoms with E-state index in [1.165, 1.54) is 4.57 Å². The lowest BCUT2D eigenvalue weighted by atomic mass is 10.1. The molecule has 2 aromatic carbocycles. The fraction of sp³-hybridized carbons (Fsp3) is 0.188. The number of fused-ring (bicyclic) bond motifs is 1. The van der Waals surface area contributed by atoms with Crippen LogP contribution in [0.4, 0.5) is 13.2 Å². The highest BCUT2D eigenvalue weighted by Gasteiger charge is 2.38. The number of hydrogen-bond acceptors (Lipinski definition) is 1. The van der Waals surface area contributed by atoms with E-state index >= 15 is 0 Å². The Morgan fingerprint density at radius 1 is 0.952 bits per heavy atom. The molecule has 1 aromatic heterocycles. The van der Waals surface area contributed by atoms with Crippen molar-refractivity contribution in [1.82, 2.24) is 9.55 Å². The van der Waals surface area contributed by atoms with Gasteiger partial charge in [0, 0.05) is 0 Å². The summed E-state index contributed by atoms with van der Waals surface area (Å²) < 4.78 is 41.1. The fourth-order valence-corrected chi connectivity index (χ4v) is 2.52. The molecule has 0 saturated carbocycles. The van der Waals surface area contributed by atoms with Gasteiger partial charge in [-0.15, -0.1) is 0 Å². The highest BCUT2D eigenvalue weighted by Crippen LogP contribution is 2.35. The molecule has 0 aliphatic carbocycles. The van der Waals surface area contributed by atoms with E-state index in [1.54, 1.807) is 31.2 Å². The number of hydrogen-bond donors (Lipinski definition) is 0. The summed E-state index contributed by atoms with van der Waals surface area (Å²) in [5.74, 6) is -0.861. The standard InChI is InChI=1S/C16H13F3N2/c1-11(12-7-3-2-4-8-12)21-14-10-6-5-9-13(14)20-15(21)16(17,18)19/h2-11H,1H3. The van der Waals surface area contributed by atoms with Crippen molar-refractivity contribution in [3.8, 4) is 0 Å². The van der Waals surface area contributed by atoms with Crippen LogP contribution in [0, 0.1) is 0 Å². The summed E-state index contributed by atoms with van der Waals surface area (Å²) >= 11 is 0. The van der Waals surface area contributed by atoms with E-state index < -0.39 is 18.0 Å². The van der Waals surface area contributed by atoms with E-state index in [-0.39, 0.29) is 0 Å². The molecule has 5 heteroatoms. The van der Waals surface area contributed by atoms with Gasteiger partial charge in [0.05, 0.1) is 17.1 Å². The second kappa shape index (κ2) is 4.91. The summed E-state index contributed by atoms with van der Waals surface area (Å²) in [5, 5.41) is 0. The van der Waals surface area contributed by atoms with Gasteiger partial charge in [-0.3, -0.25) is 0 Å². The third-order valence-electron chi connectivity index (χ3n) is 3.52. The monoisotopic (exact) mass is 290 g/mol. The van der Waals surface area contributed by atoms with Crippen molar-refractivity contribution in [1.29, 1.82) is 0 Å². The maximum atomic E-state index is 13.3. The van der Waals surface area contributed by atoms with E-state index in [9.17, 15) is 13.2 Å². The quantitative estimate of drug-likeness (QED) is 0.671. The molecular weight excluding hydrogens is 277 g/mol. The number of imidazole rings is 1. The second-order valence-electron chi connectivity index (χ2n) is 4.88. The van der Waals surface area contributed by atoms with Crippen LogP contribution in [0.2, 0.25) is 0 Å². The molecule has 0 saturated heterocycles. The predicted octanol–water partition coefficient (Wildman–Crippen LogP) is 4.66.